The first-order valence-corrected chi connectivity index (χ1v) is 11.0. The van der Waals surface area contributed by atoms with E-state index >= 15 is 0 Å². The molecule has 0 radical (unpaired) electrons. The Kier molecular flexibility index (Phi) is 7.01. The third-order valence-electron chi connectivity index (χ3n) is 4.26. The second-order valence-corrected chi connectivity index (χ2v) is 8.03. The minimum absolute atomic E-state index is 0.0682. The summed E-state index contributed by atoms with van der Waals surface area (Å²) >= 11 is -1.81. The predicted molar refractivity (Wildman–Crippen MR) is 110 cm³/mol. The molecule has 0 aliphatic heterocycles. The lowest BCUT2D eigenvalue weighted by atomic mass is 10.1. The maximum atomic E-state index is 13.2. The molecule has 0 amide bonds. The fourth-order valence-electron chi connectivity index (χ4n) is 2.80. The average Bonchev–Trinajstić information content (AvgIpc) is 2.73. The first-order valence-electron chi connectivity index (χ1n) is 9.39. The van der Waals surface area contributed by atoms with Gasteiger partial charge < -0.3 is 13.9 Å². The molecule has 0 spiro atoms. The highest BCUT2D eigenvalue weighted by Gasteiger charge is 2.35. The van der Waals surface area contributed by atoms with Gasteiger partial charge in [0, 0.05) is 29.0 Å². The number of rotatable bonds is 7. The highest BCUT2D eigenvalue weighted by atomic mass is 32.2. The van der Waals surface area contributed by atoms with Crippen LogP contribution in [0.4, 0.5) is 13.2 Å². The first-order chi connectivity index (χ1) is 14.7. The van der Waals surface area contributed by atoms with Crippen molar-refractivity contribution < 1.29 is 22.5 Å². The number of aromatic nitrogens is 3. The van der Waals surface area contributed by atoms with Crippen LogP contribution in [0.3, 0.4) is 0 Å². The summed E-state index contributed by atoms with van der Waals surface area (Å²) in [6, 6.07) is 10.7. The fraction of sp³-hybridized carbons (Fsp3) is 0.286. The van der Waals surface area contributed by atoms with Gasteiger partial charge in [-0.1, -0.05) is 19.1 Å². The quantitative estimate of drug-likeness (QED) is 0.402. The van der Waals surface area contributed by atoms with Crippen LogP contribution in [0.2, 0.25) is 0 Å². The summed E-state index contributed by atoms with van der Waals surface area (Å²) < 4.78 is 58.4. The van der Waals surface area contributed by atoms with Crippen LogP contribution in [-0.4, -0.2) is 32.0 Å². The highest BCUT2D eigenvalue weighted by Crippen LogP contribution is 2.30. The molecule has 6 nitrogen and oxygen atoms in total. The van der Waals surface area contributed by atoms with E-state index in [1.54, 1.807) is 12.1 Å². The van der Waals surface area contributed by atoms with Gasteiger partial charge in [-0.3, -0.25) is 4.79 Å². The average molecular weight is 451 g/mol. The molecule has 1 atom stereocenters. The van der Waals surface area contributed by atoms with Gasteiger partial charge in [0.05, 0.1) is 18.8 Å². The topological polar surface area (TPSA) is 80.1 Å². The summed E-state index contributed by atoms with van der Waals surface area (Å²) in [6.07, 6.45) is -1.24. The van der Waals surface area contributed by atoms with E-state index in [-0.39, 0.29) is 23.4 Å². The Labute approximate surface area is 179 Å². The third kappa shape index (κ3) is 5.86. The van der Waals surface area contributed by atoms with E-state index in [1.807, 2.05) is 19.1 Å². The van der Waals surface area contributed by atoms with Crippen LogP contribution in [0.15, 0.2) is 58.6 Å². The number of hydrogen-bond acceptors (Lipinski definition) is 5. The molecule has 0 saturated carbocycles. The van der Waals surface area contributed by atoms with Crippen LogP contribution >= 0.6 is 0 Å². The number of hydrogen-bond donors (Lipinski definition) is 0. The van der Waals surface area contributed by atoms with Crippen molar-refractivity contribution in [1.82, 2.24) is 14.5 Å². The Morgan fingerprint density at radius 3 is 2.61 bits per heavy atom. The van der Waals surface area contributed by atoms with Crippen LogP contribution in [0.5, 0.6) is 5.75 Å². The first kappa shape index (κ1) is 22.8. The van der Waals surface area contributed by atoms with E-state index < -0.39 is 28.2 Å². The molecule has 0 aliphatic carbocycles. The zero-order valence-corrected chi connectivity index (χ0v) is 17.7. The van der Waals surface area contributed by atoms with Gasteiger partial charge in [-0.2, -0.15) is 23.1 Å². The van der Waals surface area contributed by atoms with E-state index in [9.17, 15) is 22.5 Å². The lowest BCUT2D eigenvalue weighted by molar-refractivity contribution is -0.141. The number of ether oxygens (including phenoxy) is 1. The molecule has 2 heterocycles. The van der Waals surface area contributed by atoms with Crippen LogP contribution < -0.4 is 10.3 Å². The Morgan fingerprint density at radius 1 is 1.16 bits per heavy atom. The van der Waals surface area contributed by atoms with E-state index in [0.29, 0.717) is 12.4 Å². The highest BCUT2D eigenvalue weighted by molar-refractivity contribution is 7.90. The molecule has 0 N–H and O–H groups in total. The molecule has 0 saturated heterocycles. The van der Waals surface area contributed by atoms with Crippen LogP contribution in [0.25, 0.3) is 11.3 Å². The summed E-state index contributed by atoms with van der Waals surface area (Å²) in [7, 11) is 0. The smallest absolute Gasteiger partial charge is 0.433 e. The van der Waals surface area contributed by atoms with Crippen LogP contribution in [0, 0.1) is 0 Å². The van der Waals surface area contributed by atoms with Crippen molar-refractivity contribution in [2.24, 2.45) is 0 Å². The van der Waals surface area contributed by atoms with Gasteiger partial charge in [-0.15, -0.1) is 0 Å². The number of nitrogens with zero attached hydrogens (tertiary/aromatic N) is 3. The zero-order valence-electron chi connectivity index (χ0n) is 16.8. The maximum Gasteiger partial charge on any atom is 0.433 e. The van der Waals surface area contributed by atoms with Gasteiger partial charge in [-0.25, -0.2) is 0 Å². The summed E-state index contributed by atoms with van der Waals surface area (Å²) in [4.78, 5) is 19.7. The SMILES string of the molecule is CCCOc1cccc(Cn2cc(-c3cc(C(F)(F)F)nc([S+](C)[O-])n3)ccc2=O)c1. The summed E-state index contributed by atoms with van der Waals surface area (Å²) in [5, 5.41) is -0.427. The normalized spacial score (nSPS) is 12.6. The third-order valence-corrected chi connectivity index (χ3v) is 4.95. The number of alkyl halides is 3. The van der Waals surface area contributed by atoms with E-state index in [1.165, 1.54) is 29.2 Å². The van der Waals surface area contributed by atoms with Gasteiger partial charge in [0.15, 0.2) is 5.69 Å². The number of halogens is 3. The van der Waals surface area contributed by atoms with Crippen LogP contribution in [0.1, 0.15) is 24.6 Å². The second-order valence-electron chi connectivity index (χ2n) is 6.75. The monoisotopic (exact) mass is 451 g/mol. The lowest BCUT2D eigenvalue weighted by Crippen LogP contribution is -2.19. The van der Waals surface area contributed by atoms with Crippen molar-refractivity contribution in [3.8, 4) is 17.0 Å². The predicted octanol–water partition coefficient (Wildman–Crippen LogP) is 3.90. The Bertz CT molecular complexity index is 1120. The minimum atomic E-state index is -4.72. The van der Waals surface area contributed by atoms with Gasteiger partial charge >= 0.3 is 11.3 Å². The largest absolute Gasteiger partial charge is 0.609 e. The number of benzene rings is 1. The molecule has 0 aliphatic rings. The zero-order chi connectivity index (χ0) is 22.6. The fourth-order valence-corrected chi connectivity index (χ4v) is 3.26. The van der Waals surface area contributed by atoms with Gasteiger partial charge in [-0.05, 0) is 36.2 Å². The maximum absolute atomic E-state index is 13.2. The molecule has 3 rings (SSSR count). The molecule has 0 fully saturated rings. The molecule has 1 unspecified atom stereocenters. The van der Waals surface area contributed by atoms with Gasteiger partial charge in [0.2, 0.25) is 0 Å². The molecule has 1 aromatic carbocycles. The van der Waals surface area contributed by atoms with Crippen LogP contribution in [-0.2, 0) is 23.9 Å². The lowest BCUT2D eigenvalue weighted by Gasteiger charge is -2.12. The second kappa shape index (κ2) is 9.52. The van der Waals surface area contributed by atoms with Crippen molar-refractivity contribution in [2.75, 3.05) is 12.9 Å². The minimum Gasteiger partial charge on any atom is -0.609 e. The molecule has 0 bridgehead atoms. The molecule has 2 aromatic heterocycles. The summed E-state index contributed by atoms with van der Waals surface area (Å²) in [5.41, 5.74) is -0.519. The van der Waals surface area contributed by atoms with Crippen molar-refractivity contribution in [2.45, 2.75) is 31.2 Å². The van der Waals surface area contributed by atoms with E-state index in [0.717, 1.165) is 18.1 Å². The molecule has 164 valence electrons. The molecule has 10 heteroatoms. The Balaban J connectivity index is 1.98. The van der Waals surface area contributed by atoms with Gasteiger partial charge in [0.25, 0.3) is 5.56 Å². The standard InChI is InChI=1S/C21H20F3N3O3S/c1-3-9-30-16-6-4-5-14(10-16)12-27-13-15(7-8-19(27)28)17-11-18(21(22,23)24)26-20(25-17)31(2)29/h4-8,10-11,13H,3,9,12H2,1-2H3. The molecular formula is C21H20F3N3O3S. The molecule has 31 heavy (non-hydrogen) atoms. The molecular weight excluding hydrogens is 431 g/mol. The Hall–Kier alpha value is -2.85. The van der Waals surface area contributed by atoms with E-state index in [4.69, 9.17) is 4.74 Å². The van der Waals surface area contributed by atoms with E-state index in [2.05, 4.69) is 9.97 Å². The Morgan fingerprint density at radius 2 is 1.94 bits per heavy atom. The number of pyridine rings is 1. The van der Waals surface area contributed by atoms with Crippen molar-refractivity contribution in [1.29, 1.82) is 0 Å². The van der Waals surface area contributed by atoms with Crippen molar-refractivity contribution in [3.63, 3.8) is 0 Å². The summed E-state index contributed by atoms with van der Waals surface area (Å²) in [5.74, 6) is 0.671. The van der Waals surface area contributed by atoms with Gasteiger partial charge in [0.1, 0.15) is 12.0 Å². The van der Waals surface area contributed by atoms with Crippen molar-refractivity contribution >= 4 is 11.2 Å². The summed E-state index contributed by atoms with van der Waals surface area (Å²) in [6.45, 7) is 2.75. The molecule has 3 aromatic rings. The van der Waals surface area contributed by atoms with Crippen molar-refractivity contribution in [3.05, 3.63) is 70.3 Å².